The Balaban J connectivity index is 2.41. The lowest BCUT2D eigenvalue weighted by molar-refractivity contribution is 0.134. The molecule has 3 heteroatoms. The van der Waals surface area contributed by atoms with E-state index in [1.807, 2.05) is 24.3 Å². The maximum Gasteiger partial charge on any atom is 0.0802 e. The van der Waals surface area contributed by atoms with Crippen molar-refractivity contribution in [1.29, 1.82) is 0 Å². The summed E-state index contributed by atoms with van der Waals surface area (Å²) in [5, 5.41) is 10.9. The van der Waals surface area contributed by atoms with E-state index in [-0.39, 0.29) is 0 Å². The van der Waals surface area contributed by atoms with Crippen molar-refractivity contribution in [3.63, 3.8) is 0 Å². The van der Waals surface area contributed by atoms with Gasteiger partial charge in [0.2, 0.25) is 0 Å². The first-order valence-electron chi connectivity index (χ1n) is 7.04. The van der Waals surface area contributed by atoms with E-state index in [0.717, 1.165) is 18.5 Å². The van der Waals surface area contributed by atoms with Gasteiger partial charge in [0.1, 0.15) is 0 Å². The van der Waals surface area contributed by atoms with Crippen LogP contribution in [-0.2, 0) is 0 Å². The van der Waals surface area contributed by atoms with Gasteiger partial charge in [0.25, 0.3) is 0 Å². The molecule has 0 aliphatic rings. The summed E-state index contributed by atoms with van der Waals surface area (Å²) in [6.07, 6.45) is 1.53. The fourth-order valence-corrected chi connectivity index (χ4v) is 2.39. The van der Waals surface area contributed by atoms with Crippen molar-refractivity contribution in [3.05, 3.63) is 34.9 Å². The molecule has 2 atom stereocenters. The molecule has 0 aliphatic heterocycles. The minimum Gasteiger partial charge on any atom is -0.388 e. The van der Waals surface area contributed by atoms with Gasteiger partial charge in [0.05, 0.1) is 6.10 Å². The van der Waals surface area contributed by atoms with Crippen molar-refractivity contribution in [2.24, 2.45) is 5.92 Å². The minimum absolute atomic E-state index is 0.411. The molecule has 0 spiro atoms. The molecule has 0 amide bonds. The van der Waals surface area contributed by atoms with Crippen molar-refractivity contribution in [1.82, 2.24) is 4.90 Å². The van der Waals surface area contributed by atoms with Gasteiger partial charge >= 0.3 is 0 Å². The molecular weight excluding hydrogens is 258 g/mol. The number of nitrogens with zero attached hydrogens (tertiary/aromatic N) is 1. The number of halogens is 1. The predicted molar refractivity (Wildman–Crippen MR) is 82.6 cm³/mol. The molecule has 108 valence electrons. The number of hydrogen-bond donors (Lipinski definition) is 1. The van der Waals surface area contributed by atoms with Crippen LogP contribution in [0.4, 0.5) is 0 Å². The van der Waals surface area contributed by atoms with Crippen molar-refractivity contribution in [2.75, 3.05) is 13.6 Å². The van der Waals surface area contributed by atoms with Gasteiger partial charge in [-0.25, -0.2) is 0 Å². The molecule has 1 rings (SSSR count). The maximum atomic E-state index is 10.2. The number of benzene rings is 1. The molecule has 0 bridgehead atoms. The minimum atomic E-state index is -0.411. The summed E-state index contributed by atoms with van der Waals surface area (Å²) in [5.41, 5.74) is 0.939. The second kappa shape index (κ2) is 7.88. The van der Waals surface area contributed by atoms with Crippen LogP contribution in [-0.4, -0.2) is 29.6 Å². The van der Waals surface area contributed by atoms with Gasteiger partial charge in [-0.3, -0.25) is 0 Å². The third-order valence-electron chi connectivity index (χ3n) is 3.57. The summed E-state index contributed by atoms with van der Waals surface area (Å²) in [5.74, 6) is 0.707. The van der Waals surface area contributed by atoms with Gasteiger partial charge in [-0.15, -0.1) is 0 Å². The van der Waals surface area contributed by atoms with Crippen LogP contribution in [0.1, 0.15) is 45.3 Å². The van der Waals surface area contributed by atoms with E-state index < -0.39 is 6.10 Å². The Kier molecular flexibility index (Phi) is 6.84. The standard InChI is InChI=1S/C16H26ClNO/c1-12(2)11-13(3)18(4)10-9-16(19)14-5-7-15(17)8-6-14/h5-8,12-13,16,19H,9-11H2,1-4H3. The topological polar surface area (TPSA) is 23.5 Å². The van der Waals surface area contributed by atoms with Gasteiger partial charge in [0.15, 0.2) is 0 Å². The molecule has 0 radical (unpaired) electrons. The highest BCUT2D eigenvalue weighted by Gasteiger charge is 2.13. The van der Waals surface area contributed by atoms with Crippen LogP contribution in [0.2, 0.25) is 5.02 Å². The van der Waals surface area contributed by atoms with E-state index in [1.165, 1.54) is 6.42 Å². The normalized spacial score (nSPS) is 14.9. The molecule has 1 N–H and O–H groups in total. The molecule has 0 aromatic heterocycles. The summed E-state index contributed by atoms with van der Waals surface area (Å²) in [6, 6.07) is 7.99. The third-order valence-corrected chi connectivity index (χ3v) is 3.83. The Morgan fingerprint density at radius 1 is 1.16 bits per heavy atom. The molecular formula is C16H26ClNO. The molecule has 0 heterocycles. The second-order valence-corrected chi connectivity index (χ2v) is 6.25. The lowest BCUT2D eigenvalue weighted by Gasteiger charge is -2.27. The lowest BCUT2D eigenvalue weighted by Crippen LogP contribution is -2.31. The van der Waals surface area contributed by atoms with Crippen molar-refractivity contribution >= 4 is 11.6 Å². The van der Waals surface area contributed by atoms with Crippen LogP contribution >= 0.6 is 11.6 Å². The average molecular weight is 284 g/mol. The van der Waals surface area contributed by atoms with E-state index in [2.05, 4.69) is 32.7 Å². The molecule has 2 nitrogen and oxygen atoms in total. The molecule has 19 heavy (non-hydrogen) atoms. The van der Waals surface area contributed by atoms with Gasteiger partial charge in [-0.2, -0.15) is 0 Å². The monoisotopic (exact) mass is 283 g/mol. The van der Waals surface area contributed by atoms with Gasteiger partial charge < -0.3 is 10.0 Å². The molecule has 0 saturated carbocycles. The van der Waals surface area contributed by atoms with E-state index in [4.69, 9.17) is 11.6 Å². The molecule has 1 aromatic carbocycles. The molecule has 0 aliphatic carbocycles. The van der Waals surface area contributed by atoms with Gasteiger partial charge in [-0.1, -0.05) is 37.6 Å². The number of rotatable bonds is 7. The molecule has 0 saturated heterocycles. The quantitative estimate of drug-likeness (QED) is 0.813. The Labute approximate surface area is 122 Å². The van der Waals surface area contributed by atoms with E-state index in [9.17, 15) is 5.11 Å². The van der Waals surface area contributed by atoms with Crippen LogP contribution < -0.4 is 0 Å². The van der Waals surface area contributed by atoms with Gasteiger partial charge in [0, 0.05) is 17.6 Å². The third kappa shape index (κ3) is 5.94. The smallest absolute Gasteiger partial charge is 0.0802 e. The van der Waals surface area contributed by atoms with E-state index in [1.54, 1.807) is 0 Å². The first kappa shape index (κ1) is 16.5. The van der Waals surface area contributed by atoms with Crippen molar-refractivity contribution in [3.8, 4) is 0 Å². The average Bonchev–Trinajstić information content (AvgIpc) is 2.35. The van der Waals surface area contributed by atoms with Crippen LogP contribution in [0.25, 0.3) is 0 Å². The van der Waals surface area contributed by atoms with E-state index >= 15 is 0 Å². The SMILES string of the molecule is CC(C)CC(C)N(C)CCC(O)c1ccc(Cl)cc1. The van der Waals surface area contributed by atoms with Crippen LogP contribution in [0.5, 0.6) is 0 Å². The summed E-state index contributed by atoms with van der Waals surface area (Å²) in [6.45, 7) is 7.63. The highest BCUT2D eigenvalue weighted by molar-refractivity contribution is 6.30. The first-order valence-corrected chi connectivity index (χ1v) is 7.41. The zero-order chi connectivity index (χ0) is 14.4. The summed E-state index contributed by atoms with van der Waals surface area (Å²) in [4.78, 5) is 2.32. The highest BCUT2D eigenvalue weighted by Crippen LogP contribution is 2.20. The lowest BCUT2D eigenvalue weighted by atomic mass is 10.0. The maximum absolute atomic E-state index is 10.2. The number of hydrogen-bond acceptors (Lipinski definition) is 2. The second-order valence-electron chi connectivity index (χ2n) is 5.82. The largest absolute Gasteiger partial charge is 0.388 e. The molecule has 1 aromatic rings. The molecule has 0 fully saturated rings. The van der Waals surface area contributed by atoms with Gasteiger partial charge in [-0.05, 0) is 50.4 Å². The Hall–Kier alpha value is -0.570. The zero-order valence-electron chi connectivity index (χ0n) is 12.4. The summed E-state index contributed by atoms with van der Waals surface area (Å²) in [7, 11) is 2.13. The fourth-order valence-electron chi connectivity index (χ4n) is 2.26. The summed E-state index contributed by atoms with van der Waals surface area (Å²) < 4.78 is 0. The summed E-state index contributed by atoms with van der Waals surface area (Å²) >= 11 is 5.84. The van der Waals surface area contributed by atoms with Crippen LogP contribution in [0, 0.1) is 5.92 Å². The predicted octanol–water partition coefficient (Wildman–Crippen LogP) is 4.13. The van der Waals surface area contributed by atoms with Crippen molar-refractivity contribution in [2.45, 2.75) is 45.8 Å². The fraction of sp³-hybridized carbons (Fsp3) is 0.625. The van der Waals surface area contributed by atoms with Crippen molar-refractivity contribution < 1.29 is 5.11 Å². The Morgan fingerprint density at radius 3 is 2.26 bits per heavy atom. The van der Waals surface area contributed by atoms with Crippen LogP contribution in [0.15, 0.2) is 24.3 Å². The zero-order valence-corrected chi connectivity index (χ0v) is 13.2. The number of aliphatic hydroxyl groups excluding tert-OH is 1. The number of aliphatic hydroxyl groups is 1. The highest BCUT2D eigenvalue weighted by atomic mass is 35.5. The molecule has 2 unspecified atom stereocenters. The van der Waals surface area contributed by atoms with E-state index in [0.29, 0.717) is 17.0 Å². The van der Waals surface area contributed by atoms with Crippen LogP contribution in [0.3, 0.4) is 0 Å². The Bertz CT molecular complexity index is 364. The first-order chi connectivity index (χ1) is 8.90. The Morgan fingerprint density at radius 2 is 1.74 bits per heavy atom.